The van der Waals surface area contributed by atoms with Crippen LogP contribution in [-0.2, 0) is 33.2 Å². The smallest absolute Gasteiger partial charge is 0.306 e. The Hall–Kier alpha value is -1.27. The van der Waals surface area contributed by atoms with Gasteiger partial charge in [0.2, 0.25) is 0 Å². The Balaban J connectivity index is 1.74. The number of rotatable bonds is 45. The Kier molecular flexibility index (Phi) is 39.1. The number of allylic oxidation sites excluding steroid dienone is 2. The van der Waals surface area contributed by atoms with E-state index in [1.165, 1.54) is 154 Å². The van der Waals surface area contributed by atoms with Gasteiger partial charge in [0, 0.05) is 13.0 Å². The molecule has 14 heteroatoms. The van der Waals surface area contributed by atoms with Crippen molar-refractivity contribution in [3.63, 3.8) is 0 Å². The first-order valence-electron chi connectivity index (χ1n) is 27.8. The van der Waals surface area contributed by atoms with E-state index in [2.05, 4.69) is 26.0 Å². The van der Waals surface area contributed by atoms with Crippen molar-refractivity contribution in [2.75, 3.05) is 33.0 Å². The number of esters is 1. The molecule has 2 aliphatic rings. The molecule has 68 heavy (non-hydrogen) atoms. The third-order valence-electron chi connectivity index (χ3n) is 13.5. The molecule has 0 amide bonds. The fourth-order valence-corrected chi connectivity index (χ4v) is 8.99. The monoisotopic (exact) mass is 975 g/mol. The van der Waals surface area contributed by atoms with Crippen molar-refractivity contribution in [3.8, 4) is 0 Å². The molecule has 2 saturated heterocycles. The molecule has 0 aromatic carbocycles. The van der Waals surface area contributed by atoms with Gasteiger partial charge in [-0.1, -0.05) is 193 Å². The summed E-state index contributed by atoms with van der Waals surface area (Å²) < 4.78 is 34.4. The van der Waals surface area contributed by atoms with Crippen LogP contribution in [0.5, 0.6) is 0 Å². The molecular formula is C54H102O14. The van der Waals surface area contributed by atoms with Gasteiger partial charge in [-0.3, -0.25) is 4.79 Å². The van der Waals surface area contributed by atoms with E-state index in [0.717, 1.165) is 44.9 Å². The molecular weight excluding hydrogens is 873 g/mol. The van der Waals surface area contributed by atoms with Crippen LogP contribution in [0, 0.1) is 0 Å². The summed E-state index contributed by atoms with van der Waals surface area (Å²) in [5.74, 6) is -0.376. The second-order valence-corrected chi connectivity index (χ2v) is 19.8. The van der Waals surface area contributed by atoms with Crippen molar-refractivity contribution in [3.05, 3.63) is 12.2 Å². The van der Waals surface area contributed by atoms with Gasteiger partial charge in [-0.2, -0.15) is 0 Å². The van der Waals surface area contributed by atoms with E-state index in [-0.39, 0.29) is 25.6 Å². The Morgan fingerprint density at radius 3 is 1.34 bits per heavy atom. The van der Waals surface area contributed by atoms with Gasteiger partial charge >= 0.3 is 5.97 Å². The van der Waals surface area contributed by atoms with Crippen LogP contribution in [0.3, 0.4) is 0 Å². The Morgan fingerprint density at radius 2 is 0.868 bits per heavy atom. The summed E-state index contributed by atoms with van der Waals surface area (Å²) in [4.78, 5) is 13.0. The summed E-state index contributed by atoms with van der Waals surface area (Å²) in [6.07, 6.45) is 28.4. The molecule has 7 N–H and O–H groups in total. The van der Waals surface area contributed by atoms with Crippen molar-refractivity contribution in [1.82, 2.24) is 0 Å². The Labute approximate surface area is 412 Å². The maximum absolute atomic E-state index is 13.0. The highest BCUT2D eigenvalue weighted by Crippen LogP contribution is 2.27. The first-order valence-corrected chi connectivity index (χ1v) is 27.8. The highest BCUT2D eigenvalue weighted by Gasteiger charge is 2.47. The number of carbonyl (C=O) groups excluding carboxylic acids is 1. The molecule has 0 saturated carbocycles. The lowest BCUT2D eigenvalue weighted by Crippen LogP contribution is -2.61. The van der Waals surface area contributed by atoms with Crippen molar-refractivity contribution in [1.29, 1.82) is 0 Å². The van der Waals surface area contributed by atoms with Crippen LogP contribution in [0.15, 0.2) is 12.2 Å². The van der Waals surface area contributed by atoms with Gasteiger partial charge in [0.15, 0.2) is 12.6 Å². The molecule has 2 rings (SSSR count). The average Bonchev–Trinajstić information content (AvgIpc) is 3.33. The van der Waals surface area contributed by atoms with Gasteiger partial charge < -0.3 is 64.2 Å². The zero-order chi connectivity index (χ0) is 49.5. The summed E-state index contributed by atoms with van der Waals surface area (Å²) in [5.41, 5.74) is 0. The molecule has 2 aliphatic heterocycles. The van der Waals surface area contributed by atoms with E-state index in [4.69, 9.17) is 28.4 Å². The summed E-state index contributed by atoms with van der Waals surface area (Å²) in [6.45, 7) is 3.73. The fourth-order valence-electron chi connectivity index (χ4n) is 8.99. The van der Waals surface area contributed by atoms with E-state index in [1.807, 2.05) is 0 Å². The number of hydrogen-bond acceptors (Lipinski definition) is 14. The van der Waals surface area contributed by atoms with Crippen LogP contribution in [0.1, 0.15) is 226 Å². The third kappa shape index (κ3) is 29.3. The molecule has 0 aliphatic carbocycles. The van der Waals surface area contributed by atoms with Gasteiger partial charge in [0.05, 0.1) is 26.4 Å². The van der Waals surface area contributed by atoms with Crippen molar-refractivity contribution < 1.29 is 69.0 Å². The second-order valence-electron chi connectivity index (χ2n) is 19.8. The molecule has 11 atom stereocenters. The topological polar surface area (TPSA) is 214 Å². The van der Waals surface area contributed by atoms with Crippen LogP contribution in [-0.4, -0.2) is 142 Å². The predicted molar refractivity (Wildman–Crippen MR) is 266 cm³/mol. The minimum atomic E-state index is -1.70. The second kappa shape index (κ2) is 42.3. The molecule has 0 spiro atoms. The zero-order valence-electron chi connectivity index (χ0n) is 42.9. The molecule has 2 fully saturated rings. The highest BCUT2D eigenvalue weighted by molar-refractivity contribution is 5.69. The van der Waals surface area contributed by atoms with Crippen LogP contribution < -0.4 is 0 Å². The number of aliphatic hydroxyl groups excluding tert-OH is 7. The molecule has 2 heterocycles. The lowest BCUT2D eigenvalue weighted by molar-refractivity contribution is -0.332. The van der Waals surface area contributed by atoms with Crippen LogP contribution in [0.2, 0.25) is 0 Å². The number of carbonyl (C=O) groups is 1. The quantitative estimate of drug-likeness (QED) is 0.0172. The van der Waals surface area contributed by atoms with E-state index in [9.17, 15) is 40.5 Å². The van der Waals surface area contributed by atoms with E-state index in [1.54, 1.807) is 0 Å². The van der Waals surface area contributed by atoms with Crippen molar-refractivity contribution in [2.24, 2.45) is 0 Å². The first kappa shape index (κ1) is 62.8. The van der Waals surface area contributed by atoms with Gasteiger partial charge in [-0.05, 0) is 38.5 Å². The Morgan fingerprint density at radius 1 is 0.471 bits per heavy atom. The van der Waals surface area contributed by atoms with Crippen molar-refractivity contribution >= 4 is 5.97 Å². The fraction of sp³-hybridized carbons (Fsp3) is 0.944. The molecule has 0 aromatic heterocycles. The van der Waals surface area contributed by atoms with Gasteiger partial charge in [-0.15, -0.1) is 0 Å². The zero-order valence-corrected chi connectivity index (χ0v) is 42.9. The predicted octanol–water partition coefficient (Wildman–Crippen LogP) is 9.02. The van der Waals surface area contributed by atoms with E-state index >= 15 is 0 Å². The number of unbranched alkanes of at least 4 members (excludes halogenated alkanes) is 29. The third-order valence-corrected chi connectivity index (χ3v) is 13.5. The van der Waals surface area contributed by atoms with E-state index < -0.39 is 80.7 Å². The van der Waals surface area contributed by atoms with Crippen LogP contribution >= 0.6 is 0 Å². The van der Waals surface area contributed by atoms with Crippen LogP contribution in [0.25, 0.3) is 0 Å². The molecule has 0 aromatic rings. The van der Waals surface area contributed by atoms with Crippen LogP contribution in [0.4, 0.5) is 0 Å². The largest absolute Gasteiger partial charge is 0.457 e. The number of ether oxygens (including phenoxy) is 6. The summed E-state index contributed by atoms with van der Waals surface area (Å²) in [6, 6.07) is 0. The molecule has 0 radical (unpaired) electrons. The maximum atomic E-state index is 13.0. The van der Waals surface area contributed by atoms with Gasteiger partial charge in [-0.25, -0.2) is 0 Å². The van der Waals surface area contributed by atoms with Gasteiger partial charge in [0.25, 0.3) is 0 Å². The minimum absolute atomic E-state index is 0.0659. The SMILES string of the molecule is CCCCCCCCC/C=C\CCCCCCCCCC(=O)OC(COCCCCCCCCCCCCCCCCCC)COC1OC(COC2OC(CO)C(O)C(O)C2O)C(O)C(O)C1O. The molecule has 402 valence electrons. The molecule has 14 nitrogen and oxygen atoms in total. The molecule has 11 unspecified atom stereocenters. The lowest BCUT2D eigenvalue weighted by atomic mass is 9.98. The minimum Gasteiger partial charge on any atom is -0.457 e. The highest BCUT2D eigenvalue weighted by atomic mass is 16.7. The maximum Gasteiger partial charge on any atom is 0.306 e. The van der Waals surface area contributed by atoms with E-state index in [0.29, 0.717) is 13.0 Å². The van der Waals surface area contributed by atoms with Gasteiger partial charge in [0.1, 0.15) is 54.9 Å². The Bertz CT molecular complexity index is 1180. The summed E-state index contributed by atoms with van der Waals surface area (Å²) in [7, 11) is 0. The van der Waals surface area contributed by atoms with Crippen molar-refractivity contribution in [2.45, 2.75) is 293 Å². The average molecular weight is 975 g/mol. The summed E-state index contributed by atoms with van der Waals surface area (Å²) in [5, 5.41) is 72.2. The normalized spacial score (nSPS) is 25.9. The molecule has 0 bridgehead atoms. The summed E-state index contributed by atoms with van der Waals surface area (Å²) >= 11 is 0. The lowest BCUT2D eigenvalue weighted by Gasteiger charge is -2.42. The first-order chi connectivity index (χ1) is 33.1. The number of hydrogen-bond donors (Lipinski definition) is 7. The standard InChI is InChI=1S/C54H102O14/c1-3-5-7-9-11-13-15-17-19-21-22-23-25-27-29-31-33-35-37-46(56)66-43(40-63-38-36-34-32-30-28-26-24-20-18-16-14-12-10-8-6-4-2)41-64-53-52(62)50(60)48(58)45(68-53)42-65-54-51(61)49(59)47(57)44(39-55)67-54/h19,21,43-45,47-55,57-62H,3-18,20,22-42H2,1-2H3/b21-19-. The number of aliphatic hydroxyl groups is 7.